The predicted molar refractivity (Wildman–Crippen MR) is 124 cm³/mol. The van der Waals surface area contributed by atoms with Gasteiger partial charge in [0, 0.05) is 37.6 Å². The summed E-state index contributed by atoms with van der Waals surface area (Å²) in [5, 5.41) is 5.44. The third kappa shape index (κ3) is 6.50. The van der Waals surface area contributed by atoms with Crippen LogP contribution >= 0.6 is 0 Å². The summed E-state index contributed by atoms with van der Waals surface area (Å²) in [5.74, 6) is 1.75. The average molecular weight is 423 g/mol. The van der Waals surface area contributed by atoms with Gasteiger partial charge >= 0.3 is 6.03 Å². The van der Waals surface area contributed by atoms with Crippen LogP contribution < -0.4 is 21.3 Å². The first kappa shape index (κ1) is 22.2. The Morgan fingerprint density at radius 3 is 2.84 bits per heavy atom. The highest BCUT2D eigenvalue weighted by molar-refractivity contribution is 5.88. The molecule has 9 heteroatoms. The number of pyridine rings is 1. The first-order valence-corrected chi connectivity index (χ1v) is 10.6. The van der Waals surface area contributed by atoms with Gasteiger partial charge in [0.05, 0.1) is 11.4 Å². The number of anilines is 2. The number of allylic oxidation sites excluding steroid dienone is 1. The van der Waals surface area contributed by atoms with Gasteiger partial charge in [-0.15, -0.1) is 0 Å². The van der Waals surface area contributed by atoms with E-state index in [0.717, 1.165) is 49.4 Å². The summed E-state index contributed by atoms with van der Waals surface area (Å²) in [6, 6.07) is 5.62. The minimum absolute atomic E-state index is 0.253. The number of aromatic nitrogens is 3. The number of nitrogens with zero attached hydrogens (tertiary/aromatic N) is 5. The van der Waals surface area contributed by atoms with E-state index in [1.165, 1.54) is 12.5 Å². The lowest BCUT2D eigenvalue weighted by Crippen LogP contribution is -2.35. The maximum Gasteiger partial charge on any atom is 0.320 e. The van der Waals surface area contributed by atoms with Crippen LogP contribution in [0.4, 0.5) is 22.1 Å². The Balaban J connectivity index is 1.55. The topological polar surface area (TPSA) is 121 Å². The molecule has 0 aliphatic carbocycles. The van der Waals surface area contributed by atoms with Gasteiger partial charge in [0.25, 0.3) is 0 Å². The molecule has 1 fully saturated rings. The molecule has 4 N–H and O–H groups in total. The second-order valence-electron chi connectivity index (χ2n) is 7.45. The standard InChI is InChI=1S/C22H30N8O/c1-3-24-22(31)29-21-14-18(26-15-27-21)13-17-7-11-30(12-8-17)19-5-6-20(28-16(19)2)25-10-4-9-23/h4-6,9-10,14-15,17H,3,7-8,11-13,23H2,1-2H3,(H2,24,26,27,29,31)/b9-4-,25-10?. The number of nitrogens with two attached hydrogens (primary N) is 1. The highest BCUT2D eigenvalue weighted by Gasteiger charge is 2.22. The Morgan fingerprint density at radius 2 is 2.13 bits per heavy atom. The Kier molecular flexibility index (Phi) is 7.91. The summed E-state index contributed by atoms with van der Waals surface area (Å²) in [6.45, 7) is 6.40. The zero-order valence-electron chi connectivity index (χ0n) is 18.1. The number of carbonyl (C=O) groups is 1. The summed E-state index contributed by atoms with van der Waals surface area (Å²) < 4.78 is 0. The number of urea groups is 1. The normalized spacial score (nSPS) is 15.0. The Hall–Kier alpha value is -3.49. The van der Waals surface area contributed by atoms with Gasteiger partial charge in [-0.05, 0) is 63.4 Å². The van der Waals surface area contributed by atoms with Crippen LogP contribution in [-0.2, 0) is 6.42 Å². The van der Waals surface area contributed by atoms with E-state index in [2.05, 4.69) is 41.5 Å². The van der Waals surface area contributed by atoms with Crippen LogP contribution in [-0.4, -0.2) is 46.8 Å². The van der Waals surface area contributed by atoms with Crippen LogP contribution in [0.5, 0.6) is 0 Å². The lowest BCUT2D eigenvalue weighted by Gasteiger charge is -2.34. The molecule has 31 heavy (non-hydrogen) atoms. The average Bonchev–Trinajstić information content (AvgIpc) is 2.75. The SMILES string of the molecule is CCNC(=O)Nc1cc(CC2CCN(c3ccc(N=C/C=C\N)nc3C)CC2)ncn1. The summed E-state index contributed by atoms with van der Waals surface area (Å²) in [4.78, 5) is 31.4. The van der Waals surface area contributed by atoms with Crippen LogP contribution in [0.1, 0.15) is 31.2 Å². The molecule has 1 aliphatic heterocycles. The molecule has 2 aromatic heterocycles. The second kappa shape index (κ2) is 11.1. The number of aryl methyl sites for hydroxylation is 1. The molecule has 0 bridgehead atoms. The third-order valence-corrected chi connectivity index (χ3v) is 5.20. The molecule has 0 spiro atoms. The summed E-state index contributed by atoms with van der Waals surface area (Å²) in [7, 11) is 0. The van der Waals surface area contributed by atoms with Gasteiger partial charge < -0.3 is 16.0 Å². The summed E-state index contributed by atoms with van der Waals surface area (Å²) in [5.41, 5.74) is 8.40. The molecule has 0 atom stereocenters. The van der Waals surface area contributed by atoms with E-state index in [-0.39, 0.29) is 6.03 Å². The van der Waals surface area contributed by atoms with Crippen molar-refractivity contribution in [3.05, 3.63) is 48.2 Å². The first-order chi connectivity index (χ1) is 15.1. The number of nitrogens with one attached hydrogen (secondary N) is 2. The van der Waals surface area contributed by atoms with E-state index in [4.69, 9.17) is 5.73 Å². The second-order valence-corrected chi connectivity index (χ2v) is 7.45. The zero-order valence-corrected chi connectivity index (χ0v) is 18.1. The Bertz CT molecular complexity index is 935. The number of aliphatic imine (C=N–C) groups is 1. The van der Waals surface area contributed by atoms with Crippen LogP contribution in [0.25, 0.3) is 0 Å². The quantitative estimate of drug-likeness (QED) is 0.590. The predicted octanol–water partition coefficient (Wildman–Crippen LogP) is 2.96. The van der Waals surface area contributed by atoms with Gasteiger partial charge in [-0.25, -0.2) is 24.7 Å². The molecule has 3 heterocycles. The lowest BCUT2D eigenvalue weighted by atomic mass is 9.91. The van der Waals surface area contributed by atoms with E-state index in [1.54, 1.807) is 12.3 Å². The Labute approximate surface area is 182 Å². The minimum atomic E-state index is -0.253. The molecule has 1 saturated heterocycles. The van der Waals surface area contributed by atoms with Crippen molar-refractivity contribution >= 4 is 29.6 Å². The van der Waals surface area contributed by atoms with Crippen molar-refractivity contribution in [3.8, 4) is 0 Å². The maximum atomic E-state index is 11.7. The molecule has 0 radical (unpaired) electrons. The fraction of sp³-hybridized carbons (Fsp3) is 0.409. The van der Waals surface area contributed by atoms with Crippen LogP contribution in [0.2, 0.25) is 0 Å². The van der Waals surface area contributed by atoms with Crippen molar-refractivity contribution in [3.63, 3.8) is 0 Å². The van der Waals surface area contributed by atoms with Gasteiger partial charge in [-0.2, -0.15) is 0 Å². The number of piperidine rings is 1. The van der Waals surface area contributed by atoms with E-state index in [0.29, 0.717) is 24.1 Å². The monoisotopic (exact) mass is 422 g/mol. The van der Waals surface area contributed by atoms with Gasteiger partial charge in [-0.3, -0.25) is 5.32 Å². The van der Waals surface area contributed by atoms with E-state index in [9.17, 15) is 4.79 Å². The zero-order chi connectivity index (χ0) is 22.1. The molecule has 0 aromatic carbocycles. The largest absolute Gasteiger partial charge is 0.405 e. The molecule has 0 unspecified atom stereocenters. The highest BCUT2D eigenvalue weighted by Crippen LogP contribution is 2.28. The smallest absolute Gasteiger partial charge is 0.320 e. The fourth-order valence-electron chi connectivity index (χ4n) is 3.69. The van der Waals surface area contributed by atoms with Gasteiger partial charge in [0.15, 0.2) is 5.82 Å². The lowest BCUT2D eigenvalue weighted by molar-refractivity contribution is 0.252. The summed E-state index contributed by atoms with van der Waals surface area (Å²) in [6.07, 6.45) is 9.28. The number of carbonyl (C=O) groups excluding carboxylic acids is 1. The van der Waals surface area contributed by atoms with Crippen LogP contribution in [0, 0.1) is 12.8 Å². The van der Waals surface area contributed by atoms with E-state index in [1.807, 2.05) is 26.0 Å². The fourth-order valence-corrected chi connectivity index (χ4v) is 3.69. The van der Waals surface area contributed by atoms with Gasteiger partial charge in [0.1, 0.15) is 12.1 Å². The minimum Gasteiger partial charge on any atom is -0.405 e. The van der Waals surface area contributed by atoms with E-state index < -0.39 is 0 Å². The van der Waals surface area contributed by atoms with Crippen molar-refractivity contribution in [2.24, 2.45) is 16.6 Å². The number of amides is 2. The molecule has 2 aromatic rings. The first-order valence-electron chi connectivity index (χ1n) is 10.6. The molecule has 164 valence electrons. The van der Waals surface area contributed by atoms with E-state index >= 15 is 0 Å². The van der Waals surface area contributed by atoms with Crippen molar-refractivity contribution in [1.82, 2.24) is 20.3 Å². The van der Waals surface area contributed by atoms with Gasteiger partial charge in [0.2, 0.25) is 0 Å². The molecule has 2 amide bonds. The molecule has 0 saturated carbocycles. The van der Waals surface area contributed by atoms with Crippen molar-refractivity contribution in [2.75, 3.05) is 29.9 Å². The molecule has 3 rings (SSSR count). The number of hydrogen-bond donors (Lipinski definition) is 3. The van der Waals surface area contributed by atoms with Crippen molar-refractivity contribution < 1.29 is 4.79 Å². The number of rotatable bonds is 7. The van der Waals surface area contributed by atoms with Gasteiger partial charge in [-0.1, -0.05) is 0 Å². The van der Waals surface area contributed by atoms with Crippen LogP contribution in [0.15, 0.2) is 41.8 Å². The Morgan fingerprint density at radius 1 is 1.32 bits per heavy atom. The summed E-state index contributed by atoms with van der Waals surface area (Å²) >= 11 is 0. The molecular weight excluding hydrogens is 392 g/mol. The van der Waals surface area contributed by atoms with Crippen LogP contribution in [0.3, 0.4) is 0 Å². The number of hydrogen-bond acceptors (Lipinski definition) is 7. The maximum absolute atomic E-state index is 11.7. The van der Waals surface area contributed by atoms with Crippen molar-refractivity contribution in [2.45, 2.75) is 33.1 Å². The highest BCUT2D eigenvalue weighted by atomic mass is 16.2. The third-order valence-electron chi connectivity index (χ3n) is 5.20. The molecular formula is C22H30N8O. The van der Waals surface area contributed by atoms with Crippen molar-refractivity contribution in [1.29, 1.82) is 0 Å². The molecule has 1 aliphatic rings. The molecule has 9 nitrogen and oxygen atoms in total.